The molecule has 0 aliphatic carbocycles. The number of hydrogen-bond acceptors (Lipinski definition) is 3. The Labute approximate surface area is 135 Å². The summed E-state index contributed by atoms with van der Waals surface area (Å²) in [5.74, 6) is 0.903. The van der Waals surface area contributed by atoms with Gasteiger partial charge in [0.2, 0.25) is 0 Å². The van der Waals surface area contributed by atoms with E-state index in [2.05, 4.69) is 51.6 Å². The fourth-order valence-corrected chi connectivity index (χ4v) is 4.13. The van der Waals surface area contributed by atoms with Crippen LogP contribution >= 0.6 is 39.0 Å². The van der Waals surface area contributed by atoms with Gasteiger partial charge in [-0.3, -0.25) is 0 Å². The van der Waals surface area contributed by atoms with Crippen LogP contribution in [0.25, 0.3) is 10.6 Å². The Kier molecular flexibility index (Phi) is 4.55. The smallest absolute Gasteiger partial charge is 0.123 e. The van der Waals surface area contributed by atoms with Gasteiger partial charge in [0, 0.05) is 26.1 Å². The Hall–Kier alpha value is -1.10. The summed E-state index contributed by atoms with van der Waals surface area (Å²) in [7, 11) is 0. The van der Waals surface area contributed by atoms with Crippen LogP contribution < -0.4 is 0 Å². The molecule has 3 rings (SSSR count). The monoisotopic (exact) mass is 361 g/mol. The van der Waals surface area contributed by atoms with E-state index in [1.54, 1.807) is 11.3 Å². The van der Waals surface area contributed by atoms with Crippen LogP contribution in [-0.2, 0) is 5.75 Å². The Bertz CT molecular complexity index is 694. The number of hydrogen-bond donors (Lipinski definition) is 0. The van der Waals surface area contributed by atoms with E-state index in [4.69, 9.17) is 4.98 Å². The van der Waals surface area contributed by atoms with E-state index in [0.29, 0.717) is 0 Å². The highest BCUT2D eigenvalue weighted by Crippen LogP contribution is 2.28. The lowest BCUT2D eigenvalue weighted by molar-refractivity contribution is 1.23. The molecule has 0 saturated heterocycles. The van der Waals surface area contributed by atoms with Crippen molar-refractivity contribution in [2.75, 3.05) is 0 Å². The minimum atomic E-state index is 0.903. The Morgan fingerprint density at radius 2 is 1.90 bits per heavy atom. The van der Waals surface area contributed by atoms with Crippen molar-refractivity contribution < 1.29 is 0 Å². The minimum absolute atomic E-state index is 0.903. The van der Waals surface area contributed by atoms with Gasteiger partial charge in [-0.2, -0.15) is 0 Å². The first-order valence-electron chi connectivity index (χ1n) is 6.19. The summed E-state index contributed by atoms with van der Waals surface area (Å²) in [6.07, 6.45) is 0. The van der Waals surface area contributed by atoms with Gasteiger partial charge in [0.1, 0.15) is 5.01 Å². The number of nitrogens with zero attached hydrogens (tertiary/aromatic N) is 1. The molecule has 0 radical (unpaired) electrons. The van der Waals surface area contributed by atoms with E-state index in [1.807, 2.05) is 36.0 Å². The van der Waals surface area contributed by atoms with Gasteiger partial charge >= 0.3 is 0 Å². The molecule has 0 aliphatic rings. The summed E-state index contributed by atoms with van der Waals surface area (Å²) in [5, 5.41) is 3.24. The van der Waals surface area contributed by atoms with Crippen LogP contribution in [0, 0.1) is 0 Å². The number of halogens is 1. The molecule has 1 nitrogen and oxygen atoms in total. The van der Waals surface area contributed by atoms with Gasteiger partial charge < -0.3 is 0 Å². The Morgan fingerprint density at radius 3 is 2.70 bits per heavy atom. The molecule has 1 aromatic heterocycles. The van der Waals surface area contributed by atoms with Gasteiger partial charge in [-0.05, 0) is 18.2 Å². The minimum Gasteiger partial charge on any atom is -0.240 e. The Balaban J connectivity index is 1.69. The lowest BCUT2D eigenvalue weighted by atomic mass is 10.2. The molecule has 4 heteroatoms. The van der Waals surface area contributed by atoms with Crippen molar-refractivity contribution in [2.45, 2.75) is 10.6 Å². The number of rotatable bonds is 4. The van der Waals surface area contributed by atoms with E-state index in [-0.39, 0.29) is 0 Å². The standard InChI is InChI=1S/C16H12BrNS2/c17-13-7-4-8-15(9-13)19-10-14-11-20-16(18-14)12-5-2-1-3-6-12/h1-9,11H,10H2. The third kappa shape index (κ3) is 3.51. The molecule has 0 atom stereocenters. The van der Waals surface area contributed by atoms with Crippen LogP contribution in [-0.4, -0.2) is 4.98 Å². The van der Waals surface area contributed by atoms with E-state index < -0.39 is 0 Å². The first-order valence-corrected chi connectivity index (χ1v) is 8.85. The normalized spacial score (nSPS) is 10.7. The molecular formula is C16H12BrNS2. The van der Waals surface area contributed by atoms with Crippen molar-refractivity contribution in [3.8, 4) is 10.6 Å². The van der Waals surface area contributed by atoms with E-state index >= 15 is 0 Å². The van der Waals surface area contributed by atoms with Crippen LogP contribution in [0.1, 0.15) is 5.69 Å². The molecule has 0 saturated carbocycles. The van der Waals surface area contributed by atoms with Crippen molar-refractivity contribution in [3.05, 3.63) is 70.1 Å². The van der Waals surface area contributed by atoms with Crippen molar-refractivity contribution in [3.63, 3.8) is 0 Å². The molecule has 20 heavy (non-hydrogen) atoms. The molecule has 100 valence electrons. The molecule has 0 fully saturated rings. The van der Waals surface area contributed by atoms with Gasteiger partial charge in [0.05, 0.1) is 5.69 Å². The Morgan fingerprint density at radius 1 is 1.05 bits per heavy atom. The van der Waals surface area contributed by atoms with E-state index in [1.165, 1.54) is 10.5 Å². The molecule has 0 unspecified atom stereocenters. The molecule has 0 aliphatic heterocycles. The van der Waals surface area contributed by atoms with Crippen molar-refractivity contribution in [1.29, 1.82) is 0 Å². The zero-order chi connectivity index (χ0) is 13.8. The fraction of sp³-hybridized carbons (Fsp3) is 0.0625. The molecule has 0 bridgehead atoms. The maximum atomic E-state index is 4.70. The number of aromatic nitrogens is 1. The molecule has 1 heterocycles. The highest BCUT2D eigenvalue weighted by molar-refractivity contribution is 9.10. The predicted molar refractivity (Wildman–Crippen MR) is 91.3 cm³/mol. The lowest BCUT2D eigenvalue weighted by Crippen LogP contribution is -1.82. The van der Waals surface area contributed by atoms with Crippen molar-refractivity contribution in [1.82, 2.24) is 4.98 Å². The molecule has 0 amide bonds. The quantitative estimate of drug-likeness (QED) is 0.539. The second-order valence-electron chi connectivity index (χ2n) is 4.26. The molecule has 3 aromatic rings. The number of thiazole rings is 1. The summed E-state index contributed by atoms with van der Waals surface area (Å²) in [6.45, 7) is 0. The van der Waals surface area contributed by atoms with Gasteiger partial charge in [-0.1, -0.05) is 52.3 Å². The van der Waals surface area contributed by atoms with Crippen LogP contribution in [0.3, 0.4) is 0 Å². The van der Waals surface area contributed by atoms with Crippen molar-refractivity contribution in [2.24, 2.45) is 0 Å². The summed E-state index contributed by atoms with van der Waals surface area (Å²) < 4.78 is 1.12. The predicted octanol–water partition coefficient (Wildman–Crippen LogP) is 5.86. The van der Waals surface area contributed by atoms with Crippen LogP contribution in [0.5, 0.6) is 0 Å². The molecule has 2 aromatic carbocycles. The summed E-state index contributed by atoms with van der Waals surface area (Å²) in [6, 6.07) is 18.7. The first kappa shape index (κ1) is 13.9. The van der Waals surface area contributed by atoms with E-state index in [0.717, 1.165) is 20.9 Å². The van der Waals surface area contributed by atoms with Crippen LogP contribution in [0.15, 0.2) is 69.3 Å². The second-order valence-corrected chi connectivity index (χ2v) is 7.08. The van der Waals surface area contributed by atoms with Gasteiger partial charge in [0.25, 0.3) is 0 Å². The largest absolute Gasteiger partial charge is 0.240 e. The maximum Gasteiger partial charge on any atom is 0.123 e. The second kappa shape index (κ2) is 6.57. The third-order valence-electron chi connectivity index (χ3n) is 2.76. The fourth-order valence-electron chi connectivity index (χ4n) is 1.80. The van der Waals surface area contributed by atoms with Crippen LogP contribution in [0.2, 0.25) is 0 Å². The average molecular weight is 362 g/mol. The number of thioether (sulfide) groups is 1. The van der Waals surface area contributed by atoms with Gasteiger partial charge in [-0.25, -0.2) is 4.98 Å². The zero-order valence-electron chi connectivity index (χ0n) is 10.6. The van der Waals surface area contributed by atoms with E-state index in [9.17, 15) is 0 Å². The SMILES string of the molecule is Brc1cccc(SCc2csc(-c3ccccc3)n2)c1. The lowest BCUT2D eigenvalue weighted by Gasteiger charge is -2.00. The van der Waals surface area contributed by atoms with Gasteiger partial charge in [-0.15, -0.1) is 23.1 Å². The summed E-state index contributed by atoms with van der Waals surface area (Å²) in [5.41, 5.74) is 2.33. The highest BCUT2D eigenvalue weighted by Gasteiger charge is 2.05. The van der Waals surface area contributed by atoms with Crippen LogP contribution in [0.4, 0.5) is 0 Å². The average Bonchev–Trinajstić information content (AvgIpc) is 2.95. The highest BCUT2D eigenvalue weighted by atomic mass is 79.9. The molecule has 0 spiro atoms. The topological polar surface area (TPSA) is 12.9 Å². The van der Waals surface area contributed by atoms with Gasteiger partial charge in [0.15, 0.2) is 0 Å². The van der Waals surface area contributed by atoms with Crippen molar-refractivity contribution >= 4 is 39.0 Å². The third-order valence-corrected chi connectivity index (χ3v) is 5.22. The first-order chi connectivity index (χ1) is 9.81. The number of benzene rings is 2. The summed E-state index contributed by atoms with van der Waals surface area (Å²) >= 11 is 7.01. The maximum absolute atomic E-state index is 4.70. The zero-order valence-corrected chi connectivity index (χ0v) is 13.8. The molecule has 0 N–H and O–H groups in total. The molecular weight excluding hydrogens is 350 g/mol. The summed E-state index contributed by atoms with van der Waals surface area (Å²) in [4.78, 5) is 5.96.